The standard InChI is InChI=1S/C14H23NO2/c1-4-5-6-7-8-9-10-11-12-13-14(16)15(2)17-3/h4-7,12-13H,8-11H2,1-3H3/b5-4+,7-6+,13-12+. The van der Waals surface area contributed by atoms with Gasteiger partial charge in [0.05, 0.1) is 7.11 Å². The van der Waals surface area contributed by atoms with Crippen molar-refractivity contribution in [2.24, 2.45) is 0 Å². The molecule has 0 aliphatic rings. The van der Waals surface area contributed by atoms with E-state index >= 15 is 0 Å². The van der Waals surface area contributed by atoms with Crippen LogP contribution in [0.25, 0.3) is 0 Å². The lowest BCUT2D eigenvalue weighted by molar-refractivity contribution is -0.162. The largest absolute Gasteiger partial charge is 0.274 e. The average Bonchev–Trinajstić information content (AvgIpc) is 2.35. The highest BCUT2D eigenvalue weighted by atomic mass is 16.7. The number of unbranched alkanes of at least 4 members (excludes halogenated alkanes) is 3. The lowest BCUT2D eigenvalue weighted by atomic mass is 10.2. The van der Waals surface area contributed by atoms with E-state index in [1.807, 2.05) is 25.2 Å². The summed E-state index contributed by atoms with van der Waals surface area (Å²) >= 11 is 0. The molecule has 0 aromatic heterocycles. The Morgan fingerprint density at radius 1 is 1.18 bits per heavy atom. The van der Waals surface area contributed by atoms with Gasteiger partial charge >= 0.3 is 0 Å². The molecule has 96 valence electrons. The second-order valence-corrected chi connectivity index (χ2v) is 3.66. The van der Waals surface area contributed by atoms with Crippen LogP contribution >= 0.6 is 0 Å². The number of carbonyl (C=O) groups is 1. The van der Waals surface area contributed by atoms with Crippen molar-refractivity contribution in [1.82, 2.24) is 5.06 Å². The summed E-state index contributed by atoms with van der Waals surface area (Å²) in [6.45, 7) is 2.00. The van der Waals surface area contributed by atoms with Crippen molar-refractivity contribution in [3.05, 3.63) is 36.5 Å². The molecule has 0 atom stereocenters. The maximum Gasteiger partial charge on any atom is 0.269 e. The maximum atomic E-state index is 11.3. The highest BCUT2D eigenvalue weighted by Crippen LogP contribution is 2.02. The number of hydrogen-bond acceptors (Lipinski definition) is 2. The molecule has 3 nitrogen and oxygen atoms in total. The van der Waals surface area contributed by atoms with E-state index < -0.39 is 0 Å². The Kier molecular flexibility index (Phi) is 10.3. The highest BCUT2D eigenvalue weighted by molar-refractivity contribution is 5.86. The van der Waals surface area contributed by atoms with Crippen LogP contribution in [0.15, 0.2) is 36.5 Å². The number of nitrogens with zero attached hydrogens (tertiary/aromatic N) is 1. The summed E-state index contributed by atoms with van der Waals surface area (Å²) in [5.74, 6) is -0.125. The summed E-state index contributed by atoms with van der Waals surface area (Å²) < 4.78 is 0. The molecule has 17 heavy (non-hydrogen) atoms. The van der Waals surface area contributed by atoms with Crippen LogP contribution in [-0.2, 0) is 9.63 Å². The van der Waals surface area contributed by atoms with E-state index in [-0.39, 0.29) is 5.91 Å². The highest BCUT2D eigenvalue weighted by Gasteiger charge is 2.00. The molecule has 0 N–H and O–H groups in total. The molecule has 0 aromatic rings. The molecule has 0 spiro atoms. The fraction of sp³-hybridized carbons (Fsp3) is 0.500. The number of hydroxylamine groups is 2. The monoisotopic (exact) mass is 237 g/mol. The maximum absolute atomic E-state index is 11.3. The van der Waals surface area contributed by atoms with Gasteiger partial charge in [-0.05, 0) is 32.6 Å². The van der Waals surface area contributed by atoms with Crippen LogP contribution in [0.1, 0.15) is 32.6 Å². The van der Waals surface area contributed by atoms with E-state index in [2.05, 4.69) is 12.2 Å². The van der Waals surface area contributed by atoms with Crippen LogP contribution < -0.4 is 0 Å². The Morgan fingerprint density at radius 2 is 1.82 bits per heavy atom. The second-order valence-electron chi connectivity index (χ2n) is 3.66. The molecule has 0 fully saturated rings. The molecule has 0 aliphatic carbocycles. The number of carbonyl (C=O) groups excluding carboxylic acids is 1. The van der Waals surface area contributed by atoms with Gasteiger partial charge in [0, 0.05) is 13.1 Å². The Morgan fingerprint density at radius 3 is 2.41 bits per heavy atom. The number of likely N-dealkylation sites (N-methyl/N-ethyl adjacent to an activating group) is 1. The van der Waals surface area contributed by atoms with Gasteiger partial charge in [-0.2, -0.15) is 0 Å². The molecule has 0 saturated heterocycles. The smallest absolute Gasteiger partial charge is 0.269 e. The summed E-state index contributed by atoms with van der Waals surface area (Å²) in [6, 6.07) is 0. The number of hydrogen-bond donors (Lipinski definition) is 0. The van der Waals surface area contributed by atoms with Crippen LogP contribution in [0.5, 0.6) is 0 Å². The quantitative estimate of drug-likeness (QED) is 0.281. The van der Waals surface area contributed by atoms with Crippen LogP contribution in [0, 0.1) is 0 Å². The van der Waals surface area contributed by atoms with Gasteiger partial charge in [0.25, 0.3) is 5.91 Å². The summed E-state index contributed by atoms with van der Waals surface area (Å²) in [7, 11) is 3.07. The van der Waals surface area contributed by atoms with Gasteiger partial charge < -0.3 is 0 Å². The Labute approximate surface area is 104 Å². The summed E-state index contributed by atoms with van der Waals surface area (Å²) in [4.78, 5) is 16.0. The predicted octanol–water partition coefficient (Wildman–Crippen LogP) is 3.26. The topological polar surface area (TPSA) is 29.5 Å². The number of allylic oxidation sites excluding steroid dienone is 5. The minimum absolute atomic E-state index is 0.125. The van der Waals surface area contributed by atoms with Crippen molar-refractivity contribution in [2.75, 3.05) is 14.2 Å². The Bertz CT molecular complexity index is 280. The molecule has 3 heteroatoms. The zero-order valence-corrected chi connectivity index (χ0v) is 11.1. The molecular formula is C14H23NO2. The van der Waals surface area contributed by atoms with Gasteiger partial charge in [0.15, 0.2) is 0 Å². The molecule has 1 amide bonds. The van der Waals surface area contributed by atoms with E-state index in [0.717, 1.165) is 25.7 Å². The fourth-order valence-electron chi connectivity index (χ4n) is 1.19. The van der Waals surface area contributed by atoms with Crippen molar-refractivity contribution < 1.29 is 9.63 Å². The molecule has 0 saturated carbocycles. The first-order chi connectivity index (χ1) is 8.22. The van der Waals surface area contributed by atoms with Gasteiger partial charge in [0.1, 0.15) is 0 Å². The molecule has 0 aromatic carbocycles. The lowest BCUT2D eigenvalue weighted by Gasteiger charge is -2.09. The zero-order chi connectivity index (χ0) is 12.9. The lowest BCUT2D eigenvalue weighted by Crippen LogP contribution is -2.22. The van der Waals surface area contributed by atoms with Crippen molar-refractivity contribution in [3.63, 3.8) is 0 Å². The summed E-state index contributed by atoms with van der Waals surface area (Å²) in [6.07, 6.45) is 16.0. The Balaban J connectivity index is 3.51. The van der Waals surface area contributed by atoms with Gasteiger partial charge in [-0.3, -0.25) is 9.63 Å². The molecule has 0 aliphatic heterocycles. The summed E-state index contributed by atoms with van der Waals surface area (Å²) in [5.41, 5.74) is 0. The van der Waals surface area contributed by atoms with Gasteiger partial charge in [-0.15, -0.1) is 0 Å². The number of amides is 1. The molecule has 0 rings (SSSR count). The first-order valence-corrected chi connectivity index (χ1v) is 5.98. The van der Waals surface area contributed by atoms with Crippen LogP contribution in [0.3, 0.4) is 0 Å². The second kappa shape index (κ2) is 11.1. The minimum atomic E-state index is -0.125. The van der Waals surface area contributed by atoms with E-state index in [4.69, 9.17) is 4.84 Å². The molecular weight excluding hydrogens is 214 g/mol. The van der Waals surface area contributed by atoms with Crippen molar-refractivity contribution in [1.29, 1.82) is 0 Å². The van der Waals surface area contributed by atoms with Gasteiger partial charge in [-0.25, -0.2) is 5.06 Å². The molecule has 0 unspecified atom stereocenters. The van der Waals surface area contributed by atoms with Crippen LogP contribution in [0.2, 0.25) is 0 Å². The average molecular weight is 237 g/mol. The zero-order valence-electron chi connectivity index (χ0n) is 11.1. The van der Waals surface area contributed by atoms with Crippen molar-refractivity contribution in [2.45, 2.75) is 32.6 Å². The third kappa shape index (κ3) is 9.57. The van der Waals surface area contributed by atoms with Crippen molar-refractivity contribution in [3.8, 4) is 0 Å². The first-order valence-electron chi connectivity index (χ1n) is 5.98. The van der Waals surface area contributed by atoms with Crippen molar-refractivity contribution >= 4 is 5.91 Å². The van der Waals surface area contributed by atoms with Gasteiger partial charge in [0.2, 0.25) is 0 Å². The summed E-state index contributed by atoms with van der Waals surface area (Å²) in [5, 5.41) is 1.20. The van der Waals surface area contributed by atoms with E-state index in [1.54, 1.807) is 13.1 Å². The third-order valence-electron chi connectivity index (χ3n) is 2.28. The molecule has 0 radical (unpaired) electrons. The first kappa shape index (κ1) is 15.7. The predicted molar refractivity (Wildman–Crippen MR) is 71.3 cm³/mol. The minimum Gasteiger partial charge on any atom is -0.274 e. The van der Waals surface area contributed by atoms with Crippen LogP contribution in [-0.4, -0.2) is 25.1 Å². The molecule has 0 bridgehead atoms. The SMILES string of the molecule is C/C=C/C=C/CCCC/C=C/C(=O)N(C)OC. The number of rotatable bonds is 8. The molecule has 0 heterocycles. The van der Waals surface area contributed by atoms with E-state index in [0.29, 0.717) is 0 Å². The third-order valence-corrected chi connectivity index (χ3v) is 2.28. The van der Waals surface area contributed by atoms with Crippen LogP contribution in [0.4, 0.5) is 0 Å². The Hall–Kier alpha value is -1.35. The van der Waals surface area contributed by atoms with E-state index in [9.17, 15) is 4.79 Å². The fourth-order valence-corrected chi connectivity index (χ4v) is 1.19. The normalized spacial score (nSPS) is 11.9. The van der Waals surface area contributed by atoms with E-state index in [1.165, 1.54) is 12.2 Å². The van der Waals surface area contributed by atoms with Gasteiger partial charge in [-0.1, -0.05) is 30.4 Å².